The number of carbonyl (C=O) groups is 1. The Morgan fingerprint density at radius 3 is 2.83 bits per heavy atom. The molecule has 1 heterocycles. The SMILES string of the molecule is O=C(C[N+](=O)[O-])c1sccc1F. The molecule has 0 fully saturated rings. The number of thiophene rings is 1. The zero-order chi connectivity index (χ0) is 9.14. The second kappa shape index (κ2) is 3.40. The van der Waals surface area contributed by atoms with Gasteiger partial charge in [0.05, 0.1) is 0 Å². The van der Waals surface area contributed by atoms with Gasteiger partial charge in [-0.25, -0.2) is 4.39 Å². The number of hydrogen-bond acceptors (Lipinski definition) is 4. The van der Waals surface area contributed by atoms with E-state index in [1.165, 1.54) is 5.38 Å². The molecule has 0 bridgehead atoms. The molecule has 64 valence electrons. The van der Waals surface area contributed by atoms with Crippen molar-refractivity contribution in [1.82, 2.24) is 0 Å². The molecule has 0 spiro atoms. The second-order valence-corrected chi connectivity index (χ2v) is 2.93. The Morgan fingerprint density at radius 1 is 1.75 bits per heavy atom. The molecule has 0 amide bonds. The van der Waals surface area contributed by atoms with Gasteiger partial charge in [-0.2, -0.15) is 0 Å². The van der Waals surface area contributed by atoms with Gasteiger partial charge in [0.1, 0.15) is 10.7 Å². The summed E-state index contributed by atoms with van der Waals surface area (Å²) in [6, 6.07) is 1.11. The highest BCUT2D eigenvalue weighted by Crippen LogP contribution is 2.15. The lowest BCUT2D eigenvalue weighted by molar-refractivity contribution is -0.465. The molecule has 0 aromatic carbocycles. The first-order valence-electron chi connectivity index (χ1n) is 2.99. The van der Waals surface area contributed by atoms with Crippen LogP contribution in [0.15, 0.2) is 11.4 Å². The summed E-state index contributed by atoms with van der Waals surface area (Å²) in [5, 5.41) is 11.3. The minimum atomic E-state index is -0.850. The number of nitro groups is 1. The van der Waals surface area contributed by atoms with Crippen molar-refractivity contribution in [2.45, 2.75) is 0 Å². The maximum absolute atomic E-state index is 12.6. The lowest BCUT2D eigenvalue weighted by Crippen LogP contribution is -2.13. The Labute approximate surface area is 70.8 Å². The Hall–Kier alpha value is -1.30. The Morgan fingerprint density at radius 2 is 2.42 bits per heavy atom. The van der Waals surface area contributed by atoms with Crippen molar-refractivity contribution in [1.29, 1.82) is 0 Å². The Balaban J connectivity index is 2.78. The number of ketones is 1. The number of halogens is 1. The van der Waals surface area contributed by atoms with Crippen LogP contribution in [-0.2, 0) is 0 Å². The molecule has 0 saturated heterocycles. The fourth-order valence-corrected chi connectivity index (χ4v) is 1.38. The van der Waals surface area contributed by atoms with E-state index >= 15 is 0 Å². The van der Waals surface area contributed by atoms with Gasteiger partial charge in [0.25, 0.3) is 6.54 Å². The molecule has 0 unspecified atom stereocenters. The van der Waals surface area contributed by atoms with Gasteiger partial charge in [-0.15, -0.1) is 11.3 Å². The number of Topliss-reactive ketones (excluding diaryl/α,β-unsaturated/α-hetero) is 1. The van der Waals surface area contributed by atoms with Crippen LogP contribution in [0.1, 0.15) is 9.67 Å². The summed E-state index contributed by atoms with van der Waals surface area (Å²) in [6.45, 7) is -0.850. The quantitative estimate of drug-likeness (QED) is 0.409. The summed E-state index contributed by atoms with van der Waals surface area (Å²) in [6.07, 6.45) is 0. The first kappa shape index (κ1) is 8.79. The molecule has 0 aliphatic rings. The summed E-state index contributed by atoms with van der Waals surface area (Å²) >= 11 is 0.871. The normalized spacial score (nSPS) is 9.75. The van der Waals surface area contributed by atoms with Gasteiger partial charge in [-0.1, -0.05) is 0 Å². The van der Waals surface area contributed by atoms with Gasteiger partial charge in [0.2, 0.25) is 5.78 Å². The van der Waals surface area contributed by atoms with E-state index in [1.807, 2.05) is 0 Å². The van der Waals surface area contributed by atoms with Crippen molar-refractivity contribution in [3.63, 3.8) is 0 Å². The van der Waals surface area contributed by atoms with Crippen LogP contribution < -0.4 is 0 Å². The molecule has 6 heteroatoms. The molecule has 0 aliphatic carbocycles. The summed E-state index contributed by atoms with van der Waals surface area (Å²) in [4.78, 5) is 19.8. The van der Waals surface area contributed by atoms with Crippen LogP contribution in [0.5, 0.6) is 0 Å². The topological polar surface area (TPSA) is 60.2 Å². The van der Waals surface area contributed by atoms with E-state index in [1.54, 1.807) is 0 Å². The van der Waals surface area contributed by atoms with Crippen LogP contribution >= 0.6 is 11.3 Å². The highest BCUT2D eigenvalue weighted by molar-refractivity contribution is 7.12. The third-order valence-corrected chi connectivity index (χ3v) is 2.07. The van der Waals surface area contributed by atoms with Crippen molar-refractivity contribution in [2.24, 2.45) is 0 Å². The number of rotatable bonds is 3. The third-order valence-electron chi connectivity index (χ3n) is 1.14. The zero-order valence-electron chi connectivity index (χ0n) is 5.82. The number of hydrogen-bond donors (Lipinski definition) is 0. The van der Waals surface area contributed by atoms with Crippen molar-refractivity contribution < 1.29 is 14.1 Å². The standard InChI is InChI=1S/C6H4FNO3S/c7-4-1-2-12-6(4)5(9)3-8(10)11/h1-2H,3H2. The first-order valence-corrected chi connectivity index (χ1v) is 3.87. The summed E-state index contributed by atoms with van der Waals surface area (Å²) < 4.78 is 12.6. The van der Waals surface area contributed by atoms with Gasteiger partial charge >= 0.3 is 0 Å². The van der Waals surface area contributed by atoms with Crippen molar-refractivity contribution in [3.05, 3.63) is 32.3 Å². The van der Waals surface area contributed by atoms with Gasteiger partial charge in [0, 0.05) is 4.92 Å². The van der Waals surface area contributed by atoms with Crippen LogP contribution in [0, 0.1) is 15.9 Å². The van der Waals surface area contributed by atoms with Gasteiger partial charge in [0.15, 0.2) is 0 Å². The number of carbonyl (C=O) groups excluding carboxylic acids is 1. The van der Waals surface area contributed by atoms with E-state index in [4.69, 9.17) is 0 Å². The molecule has 0 N–H and O–H groups in total. The van der Waals surface area contributed by atoms with E-state index in [0.29, 0.717) is 0 Å². The average Bonchev–Trinajstić information content (AvgIpc) is 2.33. The highest BCUT2D eigenvalue weighted by Gasteiger charge is 2.17. The fraction of sp³-hybridized carbons (Fsp3) is 0.167. The molecule has 0 aliphatic heterocycles. The Kier molecular flexibility index (Phi) is 2.49. The molecule has 0 radical (unpaired) electrons. The first-order chi connectivity index (χ1) is 5.61. The molecule has 12 heavy (non-hydrogen) atoms. The zero-order valence-corrected chi connectivity index (χ0v) is 6.64. The molecule has 1 rings (SSSR count). The maximum Gasteiger partial charge on any atom is 0.266 e. The van der Waals surface area contributed by atoms with Crippen LogP contribution in [0.4, 0.5) is 4.39 Å². The van der Waals surface area contributed by atoms with Crippen LogP contribution in [0.2, 0.25) is 0 Å². The summed E-state index contributed by atoms with van der Waals surface area (Å²) in [7, 11) is 0. The van der Waals surface area contributed by atoms with E-state index in [0.717, 1.165) is 17.4 Å². The predicted octanol–water partition coefficient (Wildman–Crippen LogP) is 1.35. The van der Waals surface area contributed by atoms with Gasteiger partial charge in [-0.05, 0) is 11.4 Å². The van der Waals surface area contributed by atoms with E-state index in [9.17, 15) is 19.3 Å². The van der Waals surface area contributed by atoms with E-state index in [-0.39, 0.29) is 4.88 Å². The van der Waals surface area contributed by atoms with Crippen molar-refractivity contribution >= 4 is 17.1 Å². The number of nitrogens with zero attached hydrogens (tertiary/aromatic N) is 1. The van der Waals surface area contributed by atoms with E-state index in [2.05, 4.69) is 0 Å². The minimum absolute atomic E-state index is 0.174. The predicted molar refractivity (Wildman–Crippen MR) is 40.5 cm³/mol. The smallest absolute Gasteiger partial charge is 0.266 e. The van der Waals surface area contributed by atoms with Crippen LogP contribution in [0.25, 0.3) is 0 Å². The fourth-order valence-electron chi connectivity index (χ4n) is 0.682. The summed E-state index contributed by atoms with van der Waals surface area (Å²) in [5.74, 6) is -1.47. The highest BCUT2D eigenvalue weighted by atomic mass is 32.1. The maximum atomic E-state index is 12.6. The molecular weight excluding hydrogens is 185 g/mol. The van der Waals surface area contributed by atoms with Crippen LogP contribution in [-0.4, -0.2) is 17.3 Å². The molecular formula is C6H4FNO3S. The average molecular weight is 189 g/mol. The van der Waals surface area contributed by atoms with Crippen LogP contribution in [0.3, 0.4) is 0 Å². The van der Waals surface area contributed by atoms with Crippen molar-refractivity contribution in [2.75, 3.05) is 6.54 Å². The second-order valence-electron chi connectivity index (χ2n) is 2.01. The molecule has 1 aromatic heterocycles. The largest absolute Gasteiger partial charge is 0.286 e. The van der Waals surface area contributed by atoms with Gasteiger partial charge < -0.3 is 0 Å². The lowest BCUT2D eigenvalue weighted by Gasteiger charge is -1.90. The molecule has 0 atom stereocenters. The van der Waals surface area contributed by atoms with Crippen molar-refractivity contribution in [3.8, 4) is 0 Å². The minimum Gasteiger partial charge on any atom is -0.286 e. The Bertz CT molecular complexity index is 322. The lowest BCUT2D eigenvalue weighted by atomic mass is 10.3. The third kappa shape index (κ3) is 1.85. The monoisotopic (exact) mass is 189 g/mol. The molecule has 4 nitrogen and oxygen atoms in total. The summed E-state index contributed by atoms with van der Waals surface area (Å²) in [5.41, 5.74) is 0. The van der Waals surface area contributed by atoms with Gasteiger partial charge in [-0.3, -0.25) is 14.9 Å². The van der Waals surface area contributed by atoms with E-state index < -0.39 is 23.1 Å². The molecule has 1 aromatic rings. The molecule has 0 saturated carbocycles.